The molecule has 0 atom stereocenters. The average Bonchev–Trinajstić information content (AvgIpc) is 3.18. The van der Waals surface area contributed by atoms with Gasteiger partial charge in [0.05, 0.1) is 6.61 Å². The summed E-state index contributed by atoms with van der Waals surface area (Å²) >= 11 is 0. The molecule has 0 bridgehead atoms. The third-order valence-electron chi connectivity index (χ3n) is 5.33. The van der Waals surface area contributed by atoms with Crippen molar-refractivity contribution in [2.75, 3.05) is 23.5 Å². The number of nitrogens with one attached hydrogen (secondary N) is 2. The van der Waals surface area contributed by atoms with Crippen LogP contribution in [0.15, 0.2) is 55.0 Å². The number of urea groups is 1. The van der Waals surface area contributed by atoms with E-state index in [9.17, 15) is 18.0 Å². The van der Waals surface area contributed by atoms with Gasteiger partial charge in [0.15, 0.2) is 5.82 Å². The molecule has 0 fully saturated rings. The number of hydrogen-bond donors (Lipinski definition) is 3. The second-order valence-electron chi connectivity index (χ2n) is 7.78. The molecular weight excluding hydrogens is 477 g/mol. The number of fused-ring (bicyclic) bond motifs is 1. The fraction of sp³-hybridized carbons (Fsp3) is 0.208. The van der Waals surface area contributed by atoms with Crippen molar-refractivity contribution >= 4 is 28.7 Å². The molecule has 4 aromatic rings. The molecule has 4 N–H and O–H groups in total. The molecule has 0 saturated carbocycles. The molecule has 0 unspecified atom stereocenters. The van der Waals surface area contributed by atoms with Gasteiger partial charge in [-0.15, -0.1) is 13.2 Å². The summed E-state index contributed by atoms with van der Waals surface area (Å²) in [4.78, 5) is 16.7. The van der Waals surface area contributed by atoms with Crippen LogP contribution in [-0.2, 0) is 17.8 Å². The number of aryl methyl sites for hydroxylation is 1. The Morgan fingerprint density at radius 3 is 2.67 bits per heavy atom. The molecule has 0 aliphatic heterocycles. The standard InChI is InChI=1S/C24H23F3N6O3/c1-3-14-9-15(20-16(12-35-2)11-33-21(20)22(28)29-13-30-33)7-8-19(14)32-23(34)31-17-5-4-6-18(10-17)36-24(25,26)27/h4-11,13H,3,12H2,1-2H3,(H2,28,29,30)(H2,31,32,34). The minimum atomic E-state index is -4.83. The Hall–Kier alpha value is -4.32. The van der Waals surface area contributed by atoms with E-state index in [-0.39, 0.29) is 5.69 Å². The van der Waals surface area contributed by atoms with Gasteiger partial charge in [-0.05, 0) is 41.8 Å². The highest BCUT2D eigenvalue weighted by molar-refractivity contribution is 6.01. The summed E-state index contributed by atoms with van der Waals surface area (Å²) in [5.74, 6) is -0.118. The topological polar surface area (TPSA) is 116 Å². The van der Waals surface area contributed by atoms with Gasteiger partial charge in [0.2, 0.25) is 0 Å². The number of methoxy groups -OCH3 is 1. The first-order valence-electron chi connectivity index (χ1n) is 10.8. The van der Waals surface area contributed by atoms with Crippen LogP contribution in [0.5, 0.6) is 5.75 Å². The zero-order valence-electron chi connectivity index (χ0n) is 19.4. The SMILES string of the molecule is CCc1cc(-c2c(COC)cn3ncnc(N)c23)ccc1NC(=O)Nc1cccc(OC(F)(F)F)c1. The Bertz CT molecular complexity index is 1400. The minimum absolute atomic E-state index is 0.142. The van der Waals surface area contributed by atoms with E-state index >= 15 is 0 Å². The molecule has 2 aromatic carbocycles. The molecule has 4 rings (SSSR count). The number of rotatable bonds is 7. The lowest BCUT2D eigenvalue weighted by atomic mass is 9.98. The van der Waals surface area contributed by atoms with Gasteiger partial charge >= 0.3 is 12.4 Å². The molecule has 0 aliphatic carbocycles. The zero-order chi connectivity index (χ0) is 25.9. The average molecular weight is 500 g/mol. The lowest BCUT2D eigenvalue weighted by molar-refractivity contribution is -0.274. The highest BCUT2D eigenvalue weighted by atomic mass is 19.4. The lowest BCUT2D eigenvalue weighted by Crippen LogP contribution is -2.21. The number of nitrogens with two attached hydrogens (primary N) is 1. The van der Waals surface area contributed by atoms with Crippen LogP contribution in [0.4, 0.5) is 35.2 Å². The van der Waals surface area contributed by atoms with Crippen LogP contribution in [-0.4, -0.2) is 34.1 Å². The van der Waals surface area contributed by atoms with E-state index in [2.05, 4.69) is 25.5 Å². The molecular formula is C24H23F3N6O3. The molecule has 2 amide bonds. The number of halogens is 3. The van der Waals surface area contributed by atoms with Crippen molar-refractivity contribution in [3.8, 4) is 16.9 Å². The molecule has 188 valence electrons. The van der Waals surface area contributed by atoms with Gasteiger partial charge in [-0.2, -0.15) is 5.10 Å². The molecule has 2 aromatic heterocycles. The van der Waals surface area contributed by atoms with Crippen LogP contribution < -0.4 is 21.1 Å². The molecule has 0 aliphatic rings. The number of nitrogens with zero attached hydrogens (tertiary/aromatic N) is 3. The molecule has 9 nitrogen and oxygen atoms in total. The largest absolute Gasteiger partial charge is 0.573 e. The van der Waals surface area contributed by atoms with Crippen LogP contribution in [0, 0.1) is 0 Å². The number of nitrogen functional groups attached to an aromatic ring is 1. The second-order valence-corrected chi connectivity index (χ2v) is 7.78. The van der Waals surface area contributed by atoms with Crippen molar-refractivity contribution in [2.45, 2.75) is 26.3 Å². The third kappa shape index (κ3) is 5.49. The van der Waals surface area contributed by atoms with Crippen molar-refractivity contribution in [3.05, 3.63) is 66.1 Å². The number of benzene rings is 2. The normalized spacial score (nSPS) is 11.5. The van der Waals surface area contributed by atoms with E-state index in [1.54, 1.807) is 17.7 Å². The first-order valence-corrected chi connectivity index (χ1v) is 10.8. The van der Waals surface area contributed by atoms with E-state index < -0.39 is 18.1 Å². The van der Waals surface area contributed by atoms with Crippen LogP contribution in [0.25, 0.3) is 16.6 Å². The van der Waals surface area contributed by atoms with Crippen LogP contribution in [0.1, 0.15) is 18.1 Å². The Balaban J connectivity index is 1.59. The highest BCUT2D eigenvalue weighted by Crippen LogP contribution is 2.35. The highest BCUT2D eigenvalue weighted by Gasteiger charge is 2.31. The fourth-order valence-electron chi connectivity index (χ4n) is 3.89. The number of anilines is 3. The van der Waals surface area contributed by atoms with Crippen molar-refractivity contribution < 1.29 is 27.4 Å². The van der Waals surface area contributed by atoms with Crippen LogP contribution in [0.3, 0.4) is 0 Å². The van der Waals surface area contributed by atoms with Crippen molar-refractivity contribution in [3.63, 3.8) is 0 Å². The predicted octanol–water partition coefficient (Wildman–Crippen LogP) is 5.23. The summed E-state index contributed by atoms with van der Waals surface area (Å²) in [6.45, 7) is 2.27. The summed E-state index contributed by atoms with van der Waals surface area (Å²) in [7, 11) is 1.59. The minimum Gasteiger partial charge on any atom is -0.406 e. The number of hydrogen-bond acceptors (Lipinski definition) is 6. The maximum Gasteiger partial charge on any atom is 0.573 e. The number of carbonyl (C=O) groups is 1. The number of alkyl halides is 3. The van der Waals surface area contributed by atoms with Gasteiger partial charge in [-0.3, -0.25) is 0 Å². The Morgan fingerprint density at radius 2 is 1.94 bits per heavy atom. The summed E-state index contributed by atoms with van der Waals surface area (Å²) < 4.78 is 48.3. The number of carbonyl (C=O) groups excluding carboxylic acids is 1. The van der Waals surface area contributed by atoms with Crippen LogP contribution in [0.2, 0.25) is 0 Å². The molecule has 0 saturated heterocycles. The summed E-state index contributed by atoms with van der Waals surface area (Å²) in [5.41, 5.74) is 10.8. The van der Waals surface area contributed by atoms with E-state index in [0.717, 1.165) is 34.4 Å². The Labute approximate surface area is 204 Å². The molecule has 12 heteroatoms. The number of aromatic nitrogens is 3. The second kappa shape index (κ2) is 10.1. The lowest BCUT2D eigenvalue weighted by Gasteiger charge is -2.14. The van der Waals surface area contributed by atoms with E-state index in [1.165, 1.54) is 18.5 Å². The summed E-state index contributed by atoms with van der Waals surface area (Å²) in [6, 6.07) is 9.91. The van der Waals surface area contributed by atoms with Crippen LogP contribution >= 0.6 is 0 Å². The third-order valence-corrected chi connectivity index (χ3v) is 5.33. The maximum absolute atomic E-state index is 12.6. The first-order chi connectivity index (χ1) is 17.2. The van der Waals surface area contributed by atoms with Gasteiger partial charge in [0.1, 0.15) is 17.6 Å². The zero-order valence-corrected chi connectivity index (χ0v) is 19.4. The summed E-state index contributed by atoms with van der Waals surface area (Å²) in [6.07, 6.45) is -1.04. The Morgan fingerprint density at radius 1 is 1.14 bits per heavy atom. The predicted molar refractivity (Wildman–Crippen MR) is 129 cm³/mol. The van der Waals surface area contributed by atoms with E-state index in [0.29, 0.717) is 30.0 Å². The van der Waals surface area contributed by atoms with Gasteiger partial charge in [0.25, 0.3) is 0 Å². The monoisotopic (exact) mass is 500 g/mol. The van der Waals surface area contributed by atoms with Gasteiger partial charge < -0.3 is 25.8 Å². The van der Waals surface area contributed by atoms with Gasteiger partial charge in [-0.1, -0.05) is 19.1 Å². The fourth-order valence-corrected chi connectivity index (χ4v) is 3.89. The maximum atomic E-state index is 12.6. The molecule has 36 heavy (non-hydrogen) atoms. The molecule has 0 radical (unpaired) electrons. The molecule has 0 spiro atoms. The smallest absolute Gasteiger partial charge is 0.406 e. The van der Waals surface area contributed by atoms with Gasteiger partial charge in [-0.25, -0.2) is 14.3 Å². The van der Waals surface area contributed by atoms with E-state index in [1.807, 2.05) is 25.3 Å². The molecule has 2 heterocycles. The van der Waals surface area contributed by atoms with Crippen molar-refractivity contribution in [2.24, 2.45) is 0 Å². The number of ether oxygens (including phenoxy) is 2. The van der Waals surface area contributed by atoms with Crippen molar-refractivity contribution in [1.82, 2.24) is 14.6 Å². The summed E-state index contributed by atoms with van der Waals surface area (Å²) in [5, 5.41) is 9.49. The first kappa shape index (κ1) is 24.8. The van der Waals surface area contributed by atoms with Crippen molar-refractivity contribution in [1.29, 1.82) is 0 Å². The van der Waals surface area contributed by atoms with Gasteiger partial charge in [0, 0.05) is 41.9 Å². The quantitative estimate of drug-likeness (QED) is 0.320. The Kier molecular flexibility index (Phi) is 6.97. The van der Waals surface area contributed by atoms with E-state index in [4.69, 9.17) is 10.5 Å². The number of amides is 2.